The molecule has 1 aliphatic rings. The molecule has 0 bridgehead atoms. The largest absolute Gasteiger partial charge is 0.193 e. The van der Waals surface area contributed by atoms with Gasteiger partial charge in [-0.2, -0.15) is 21.0 Å². The van der Waals surface area contributed by atoms with E-state index in [-0.39, 0.29) is 22.6 Å². The summed E-state index contributed by atoms with van der Waals surface area (Å²) in [4.78, 5) is 0. The molecule has 1 aromatic carbocycles. The number of nitrogens with zero attached hydrogens (tertiary/aromatic N) is 4. The zero-order valence-electron chi connectivity index (χ0n) is 10.7. The second-order valence-electron chi connectivity index (χ2n) is 4.59. The van der Waals surface area contributed by atoms with Crippen LogP contribution < -0.4 is 0 Å². The van der Waals surface area contributed by atoms with E-state index in [4.69, 9.17) is 5.26 Å². The smallest absolute Gasteiger partial charge is 0.101 e. The van der Waals surface area contributed by atoms with Crippen molar-refractivity contribution in [3.63, 3.8) is 0 Å². The van der Waals surface area contributed by atoms with Crippen molar-refractivity contribution in [1.82, 2.24) is 0 Å². The minimum atomic E-state index is 0.104. The maximum atomic E-state index is 9.38. The Morgan fingerprint density at radius 1 is 1.00 bits per heavy atom. The fraction of sp³-hybridized carbons (Fsp3) is 0.250. The monoisotopic (exact) mass is 258 g/mol. The number of hydrogen-bond donors (Lipinski definition) is 0. The van der Waals surface area contributed by atoms with Gasteiger partial charge in [0.25, 0.3) is 0 Å². The Bertz CT molecular complexity index is 741. The van der Waals surface area contributed by atoms with Crippen LogP contribution in [0, 0.1) is 51.2 Å². The molecule has 1 fully saturated rings. The highest BCUT2D eigenvalue weighted by Crippen LogP contribution is 2.37. The molecule has 0 N–H and O–H groups in total. The van der Waals surface area contributed by atoms with Crippen molar-refractivity contribution >= 4 is 5.57 Å². The Hall–Kier alpha value is -3.08. The van der Waals surface area contributed by atoms with Crippen LogP contribution in [0.1, 0.15) is 36.0 Å². The van der Waals surface area contributed by atoms with Crippen molar-refractivity contribution < 1.29 is 0 Å². The average Bonchev–Trinajstić information content (AvgIpc) is 2.44. The molecule has 0 spiro atoms. The van der Waals surface area contributed by atoms with E-state index in [0.29, 0.717) is 11.1 Å². The molecule has 0 radical (unpaired) electrons. The Balaban J connectivity index is 2.69. The van der Waals surface area contributed by atoms with Crippen molar-refractivity contribution in [1.29, 1.82) is 21.0 Å². The second-order valence-corrected chi connectivity index (χ2v) is 4.59. The lowest BCUT2D eigenvalue weighted by Gasteiger charge is -2.25. The summed E-state index contributed by atoms with van der Waals surface area (Å²) >= 11 is 0. The summed E-state index contributed by atoms with van der Waals surface area (Å²) in [5.74, 6) is 0.104. The van der Waals surface area contributed by atoms with E-state index in [1.807, 2.05) is 18.2 Å². The van der Waals surface area contributed by atoms with E-state index < -0.39 is 0 Å². The fourth-order valence-electron chi connectivity index (χ4n) is 2.29. The van der Waals surface area contributed by atoms with Crippen molar-refractivity contribution in [2.45, 2.75) is 19.3 Å². The molecular formula is C16H10N4. The molecule has 0 aromatic heterocycles. The predicted octanol–water partition coefficient (Wildman–Crippen LogP) is 3.03. The highest BCUT2D eigenvalue weighted by atomic mass is 14.4. The van der Waals surface area contributed by atoms with E-state index in [1.165, 1.54) is 6.07 Å². The van der Waals surface area contributed by atoms with Gasteiger partial charge in [0.1, 0.15) is 18.2 Å². The molecule has 4 heteroatoms. The predicted molar refractivity (Wildman–Crippen MR) is 71.4 cm³/mol. The lowest BCUT2D eigenvalue weighted by Crippen LogP contribution is -2.14. The number of hydrogen-bond acceptors (Lipinski definition) is 4. The summed E-state index contributed by atoms with van der Waals surface area (Å²) < 4.78 is 0. The molecule has 0 atom stereocenters. The maximum absolute atomic E-state index is 9.38. The van der Waals surface area contributed by atoms with Crippen LogP contribution in [-0.2, 0) is 0 Å². The summed E-state index contributed by atoms with van der Waals surface area (Å²) in [6.45, 7) is 0. The van der Waals surface area contributed by atoms with Crippen molar-refractivity contribution in [2.24, 2.45) is 5.92 Å². The van der Waals surface area contributed by atoms with Gasteiger partial charge in [-0.25, -0.2) is 0 Å². The van der Waals surface area contributed by atoms with Crippen LogP contribution in [0.25, 0.3) is 5.57 Å². The third-order valence-corrected chi connectivity index (χ3v) is 3.58. The summed E-state index contributed by atoms with van der Waals surface area (Å²) in [6.07, 6.45) is 2.85. The van der Waals surface area contributed by atoms with Crippen molar-refractivity contribution in [3.05, 3.63) is 40.5 Å². The van der Waals surface area contributed by atoms with Crippen LogP contribution in [0.2, 0.25) is 0 Å². The minimum Gasteiger partial charge on any atom is -0.193 e. The topological polar surface area (TPSA) is 95.2 Å². The molecule has 0 amide bonds. The lowest BCUT2D eigenvalue weighted by atomic mass is 9.77. The molecule has 94 valence electrons. The zero-order valence-corrected chi connectivity index (χ0v) is 10.7. The van der Waals surface area contributed by atoms with Gasteiger partial charge in [0, 0.05) is 5.56 Å². The van der Waals surface area contributed by atoms with Gasteiger partial charge in [-0.1, -0.05) is 18.6 Å². The second kappa shape index (κ2) is 5.71. The molecular weight excluding hydrogens is 248 g/mol. The van der Waals surface area contributed by atoms with Crippen LogP contribution in [0.15, 0.2) is 23.8 Å². The minimum absolute atomic E-state index is 0.104. The summed E-state index contributed by atoms with van der Waals surface area (Å²) in [7, 11) is 0. The Labute approximate surface area is 117 Å². The normalized spacial score (nSPS) is 14.8. The summed E-state index contributed by atoms with van der Waals surface area (Å²) in [5.41, 5.74) is 1.44. The number of allylic oxidation sites excluding steroid dienone is 2. The van der Waals surface area contributed by atoms with E-state index >= 15 is 0 Å². The quantitative estimate of drug-likeness (QED) is 0.761. The Kier molecular flexibility index (Phi) is 3.81. The van der Waals surface area contributed by atoms with E-state index in [9.17, 15) is 15.8 Å². The first-order chi connectivity index (χ1) is 9.76. The van der Waals surface area contributed by atoms with Gasteiger partial charge in [0.15, 0.2) is 0 Å². The van der Waals surface area contributed by atoms with Gasteiger partial charge in [-0.3, -0.25) is 0 Å². The number of nitriles is 4. The SMILES string of the molecule is N#CC(=C(C#N)C1CCC1)c1cccc(C#N)c1C#N. The third-order valence-electron chi connectivity index (χ3n) is 3.58. The first kappa shape index (κ1) is 13.4. The van der Waals surface area contributed by atoms with Crippen molar-refractivity contribution in [2.75, 3.05) is 0 Å². The van der Waals surface area contributed by atoms with Crippen LogP contribution >= 0.6 is 0 Å². The van der Waals surface area contributed by atoms with Crippen molar-refractivity contribution in [3.8, 4) is 24.3 Å². The molecule has 2 rings (SSSR count). The van der Waals surface area contributed by atoms with Gasteiger partial charge < -0.3 is 0 Å². The van der Waals surface area contributed by atoms with Gasteiger partial charge in [0.2, 0.25) is 0 Å². The van der Waals surface area contributed by atoms with Crippen LogP contribution in [0.5, 0.6) is 0 Å². The fourth-order valence-corrected chi connectivity index (χ4v) is 2.29. The zero-order chi connectivity index (χ0) is 14.5. The van der Waals surface area contributed by atoms with Gasteiger partial charge >= 0.3 is 0 Å². The maximum Gasteiger partial charge on any atom is 0.101 e. The van der Waals surface area contributed by atoms with Crippen LogP contribution in [0.3, 0.4) is 0 Å². The molecule has 0 heterocycles. The molecule has 1 saturated carbocycles. The van der Waals surface area contributed by atoms with E-state index in [1.54, 1.807) is 12.1 Å². The molecule has 20 heavy (non-hydrogen) atoms. The highest BCUT2D eigenvalue weighted by Gasteiger charge is 2.26. The Morgan fingerprint density at radius 2 is 1.75 bits per heavy atom. The molecule has 4 nitrogen and oxygen atoms in total. The molecule has 0 aliphatic heterocycles. The number of benzene rings is 1. The number of rotatable bonds is 2. The molecule has 1 aromatic rings. The first-order valence-corrected chi connectivity index (χ1v) is 6.24. The van der Waals surface area contributed by atoms with E-state index in [2.05, 4.69) is 6.07 Å². The lowest BCUT2D eigenvalue weighted by molar-refractivity contribution is 0.377. The summed E-state index contributed by atoms with van der Waals surface area (Å²) in [5, 5.41) is 36.9. The van der Waals surface area contributed by atoms with Crippen LogP contribution in [-0.4, -0.2) is 0 Å². The standard InChI is InChI=1S/C16H10N4/c17-7-12-5-2-6-13(15(12)9-19)16(10-20)14(8-18)11-3-1-4-11/h2,5-6,11H,1,3-4H2. The molecule has 1 aliphatic carbocycles. The first-order valence-electron chi connectivity index (χ1n) is 6.24. The third kappa shape index (κ3) is 2.12. The Morgan fingerprint density at radius 3 is 2.20 bits per heavy atom. The molecule has 0 unspecified atom stereocenters. The molecule has 0 saturated heterocycles. The van der Waals surface area contributed by atoms with E-state index in [0.717, 1.165) is 19.3 Å². The van der Waals surface area contributed by atoms with Gasteiger partial charge in [-0.05, 0) is 24.8 Å². The van der Waals surface area contributed by atoms with Gasteiger partial charge in [0.05, 0.1) is 28.3 Å². The average molecular weight is 258 g/mol. The highest BCUT2D eigenvalue weighted by molar-refractivity contribution is 5.85. The van der Waals surface area contributed by atoms with Crippen LogP contribution in [0.4, 0.5) is 0 Å². The summed E-state index contributed by atoms with van der Waals surface area (Å²) in [6, 6.07) is 12.8. The van der Waals surface area contributed by atoms with Gasteiger partial charge in [-0.15, -0.1) is 0 Å².